The number of carbonyl (C=O) groups is 1. The van der Waals surface area contributed by atoms with Crippen molar-refractivity contribution in [1.82, 2.24) is 0 Å². The van der Waals surface area contributed by atoms with Crippen molar-refractivity contribution in [1.29, 1.82) is 5.26 Å². The average molecular weight is 389 g/mol. The second-order valence-corrected chi connectivity index (χ2v) is 5.75. The van der Waals surface area contributed by atoms with Crippen LogP contribution in [0.4, 0.5) is 5.69 Å². The molecule has 5 atom stereocenters. The van der Waals surface area contributed by atoms with Crippen molar-refractivity contribution >= 4 is 27.6 Å². The largest absolute Gasteiger partial charge is 0.479 e. The molecule has 6 N–H and O–H groups in total. The summed E-state index contributed by atoms with van der Waals surface area (Å²) in [6.45, 7) is 0. The molecule has 1 aliphatic rings. The maximum Gasteiger partial charge on any atom is 0.335 e. The van der Waals surface area contributed by atoms with Gasteiger partial charge in [-0.1, -0.05) is 15.9 Å². The molecule has 1 aromatic carbocycles. The van der Waals surface area contributed by atoms with Gasteiger partial charge in [-0.05, 0) is 12.1 Å². The molecule has 0 unspecified atom stereocenters. The zero-order valence-corrected chi connectivity index (χ0v) is 13.0. The molecule has 23 heavy (non-hydrogen) atoms. The van der Waals surface area contributed by atoms with E-state index in [2.05, 4.69) is 15.9 Å². The Morgan fingerprint density at radius 2 is 1.96 bits per heavy atom. The molecule has 0 spiro atoms. The van der Waals surface area contributed by atoms with Crippen molar-refractivity contribution in [2.45, 2.75) is 30.7 Å². The van der Waals surface area contributed by atoms with E-state index in [0.29, 0.717) is 4.47 Å². The fraction of sp³-hybridized carbons (Fsp3) is 0.385. The molecule has 9 nitrogen and oxygen atoms in total. The first-order valence-corrected chi connectivity index (χ1v) is 7.13. The number of anilines is 1. The Morgan fingerprint density at radius 3 is 2.52 bits per heavy atom. The normalized spacial score (nSPS) is 30.5. The molecule has 1 aromatic rings. The Labute approximate surface area is 138 Å². The van der Waals surface area contributed by atoms with Crippen molar-refractivity contribution in [3.05, 3.63) is 22.2 Å². The molecule has 1 fully saturated rings. The molecule has 1 saturated heterocycles. The van der Waals surface area contributed by atoms with Crippen LogP contribution in [0.2, 0.25) is 0 Å². The van der Waals surface area contributed by atoms with Gasteiger partial charge in [-0.15, -0.1) is 0 Å². The lowest BCUT2D eigenvalue weighted by Gasteiger charge is -2.38. The Morgan fingerprint density at radius 1 is 1.30 bits per heavy atom. The molecule has 1 heterocycles. The van der Waals surface area contributed by atoms with Gasteiger partial charge >= 0.3 is 5.97 Å². The molecule has 124 valence electrons. The number of hydrogen-bond acceptors (Lipinski definition) is 8. The monoisotopic (exact) mass is 388 g/mol. The number of nitrogens with zero attached hydrogens (tertiary/aromatic N) is 1. The number of carboxylic acids is 1. The van der Waals surface area contributed by atoms with Crippen molar-refractivity contribution in [2.24, 2.45) is 0 Å². The van der Waals surface area contributed by atoms with Gasteiger partial charge in [0.25, 0.3) is 0 Å². The third kappa shape index (κ3) is 3.39. The second kappa shape index (κ2) is 6.69. The Kier molecular flexibility index (Phi) is 5.08. The number of nitrogen functional groups attached to an aromatic ring is 1. The quantitative estimate of drug-likeness (QED) is 0.415. The summed E-state index contributed by atoms with van der Waals surface area (Å²) < 4.78 is 10.7. The second-order valence-electron chi connectivity index (χ2n) is 4.83. The zero-order valence-electron chi connectivity index (χ0n) is 11.5. The van der Waals surface area contributed by atoms with Crippen LogP contribution in [-0.2, 0) is 9.53 Å². The highest BCUT2D eigenvalue weighted by Gasteiger charge is 2.48. The molecule has 0 saturated carbocycles. The maximum atomic E-state index is 11.0. The lowest BCUT2D eigenvalue weighted by atomic mass is 9.99. The number of benzene rings is 1. The SMILES string of the molecule is N#Cc1cc(Br)cc(O[C@@H]2O[C@H](C(=O)O)[C@@H](O)[C@H](O)[C@H]2O)c1N. The van der Waals surface area contributed by atoms with Crippen molar-refractivity contribution in [3.8, 4) is 11.8 Å². The van der Waals surface area contributed by atoms with Gasteiger partial charge in [0, 0.05) is 4.47 Å². The highest BCUT2D eigenvalue weighted by Crippen LogP contribution is 2.32. The first-order chi connectivity index (χ1) is 10.8. The molecule has 0 bridgehead atoms. The summed E-state index contributed by atoms with van der Waals surface area (Å²) in [5, 5.41) is 47.2. The minimum Gasteiger partial charge on any atom is -0.479 e. The van der Waals surface area contributed by atoms with Crippen LogP contribution in [0.5, 0.6) is 5.75 Å². The van der Waals surface area contributed by atoms with E-state index in [1.165, 1.54) is 12.1 Å². The first-order valence-electron chi connectivity index (χ1n) is 6.34. The van der Waals surface area contributed by atoms with Crippen molar-refractivity contribution in [2.75, 3.05) is 5.73 Å². The number of carboxylic acid groups (broad SMARTS) is 1. The Balaban J connectivity index is 2.30. The fourth-order valence-corrected chi connectivity index (χ4v) is 2.49. The first kappa shape index (κ1) is 17.5. The number of nitriles is 1. The van der Waals surface area contributed by atoms with E-state index in [0.717, 1.165) is 0 Å². The van der Waals surface area contributed by atoms with E-state index in [4.69, 9.17) is 25.6 Å². The van der Waals surface area contributed by atoms with E-state index in [-0.39, 0.29) is 17.0 Å². The summed E-state index contributed by atoms with van der Waals surface area (Å²) >= 11 is 3.15. The number of aliphatic hydroxyl groups is 3. The van der Waals surface area contributed by atoms with Crippen LogP contribution in [0.15, 0.2) is 16.6 Å². The maximum absolute atomic E-state index is 11.0. The summed E-state index contributed by atoms with van der Waals surface area (Å²) in [4.78, 5) is 11.0. The minimum atomic E-state index is -1.82. The number of nitrogens with two attached hydrogens (primary N) is 1. The Bertz CT molecular complexity index is 662. The summed E-state index contributed by atoms with van der Waals surface area (Å²) in [7, 11) is 0. The number of aliphatic hydroxyl groups excluding tert-OH is 3. The summed E-state index contributed by atoms with van der Waals surface area (Å²) in [5.41, 5.74) is 5.80. The third-order valence-electron chi connectivity index (χ3n) is 3.28. The molecule has 0 amide bonds. The molecule has 0 aliphatic carbocycles. The molecule has 0 aromatic heterocycles. The predicted molar refractivity (Wildman–Crippen MR) is 78.2 cm³/mol. The van der Waals surface area contributed by atoms with Crippen LogP contribution in [0, 0.1) is 11.3 Å². The molecule has 1 aliphatic heterocycles. The minimum absolute atomic E-state index is 0.0426. The van der Waals surface area contributed by atoms with E-state index in [9.17, 15) is 20.1 Å². The van der Waals surface area contributed by atoms with Gasteiger partial charge in [0.05, 0.1) is 11.3 Å². The highest BCUT2D eigenvalue weighted by atomic mass is 79.9. The number of ether oxygens (including phenoxy) is 2. The topological polar surface area (TPSA) is 166 Å². The van der Waals surface area contributed by atoms with E-state index in [1.54, 1.807) is 0 Å². The summed E-state index contributed by atoms with van der Waals surface area (Å²) in [5.74, 6) is -1.58. The van der Waals surface area contributed by atoms with Crippen LogP contribution < -0.4 is 10.5 Å². The smallest absolute Gasteiger partial charge is 0.335 e. The molecular formula is C13H13BrN2O7. The number of hydrogen-bond donors (Lipinski definition) is 5. The number of aliphatic carboxylic acids is 1. The standard InChI is InChI=1S/C13H13BrN2O7/c14-5-1-4(3-15)7(16)6(2-5)22-13-10(19)8(17)9(18)11(23-13)12(20)21/h1-2,8-11,13,17-19H,16H2,(H,20,21)/t8-,9-,10+,11-,13+/m0/s1. The van der Waals surface area contributed by atoms with E-state index < -0.39 is 36.7 Å². The van der Waals surface area contributed by atoms with Crippen LogP contribution in [0.3, 0.4) is 0 Å². The number of rotatable bonds is 3. The van der Waals surface area contributed by atoms with Gasteiger partial charge in [-0.2, -0.15) is 5.26 Å². The fourth-order valence-electron chi connectivity index (χ4n) is 2.06. The zero-order chi connectivity index (χ0) is 17.3. The molecule has 0 radical (unpaired) electrons. The van der Waals surface area contributed by atoms with Gasteiger partial charge in [0.1, 0.15) is 30.1 Å². The molecule has 2 rings (SSSR count). The van der Waals surface area contributed by atoms with Gasteiger partial charge < -0.3 is 35.6 Å². The van der Waals surface area contributed by atoms with Gasteiger partial charge in [0.15, 0.2) is 6.10 Å². The van der Waals surface area contributed by atoms with E-state index >= 15 is 0 Å². The highest BCUT2D eigenvalue weighted by molar-refractivity contribution is 9.10. The van der Waals surface area contributed by atoms with Gasteiger partial charge in [0.2, 0.25) is 6.29 Å². The van der Waals surface area contributed by atoms with Gasteiger partial charge in [-0.25, -0.2) is 4.79 Å². The average Bonchev–Trinajstić information content (AvgIpc) is 2.50. The molecular weight excluding hydrogens is 376 g/mol. The summed E-state index contributed by atoms with van der Waals surface area (Å²) in [6, 6.07) is 4.68. The van der Waals surface area contributed by atoms with E-state index in [1.807, 2.05) is 6.07 Å². The van der Waals surface area contributed by atoms with Crippen LogP contribution in [-0.4, -0.2) is 57.1 Å². The van der Waals surface area contributed by atoms with Crippen LogP contribution >= 0.6 is 15.9 Å². The van der Waals surface area contributed by atoms with Crippen LogP contribution in [0.1, 0.15) is 5.56 Å². The molecule has 10 heteroatoms. The lowest BCUT2D eigenvalue weighted by Crippen LogP contribution is -2.61. The predicted octanol–water partition coefficient (Wildman–Crippen LogP) is -0.826. The lowest BCUT2D eigenvalue weighted by molar-refractivity contribution is -0.271. The third-order valence-corrected chi connectivity index (χ3v) is 3.74. The van der Waals surface area contributed by atoms with Crippen molar-refractivity contribution in [3.63, 3.8) is 0 Å². The Hall–Kier alpha value is -1.90. The summed E-state index contributed by atoms with van der Waals surface area (Å²) in [6.07, 6.45) is -8.72. The van der Waals surface area contributed by atoms with Gasteiger partial charge in [-0.3, -0.25) is 0 Å². The van der Waals surface area contributed by atoms with Crippen LogP contribution in [0.25, 0.3) is 0 Å². The number of halogens is 1. The van der Waals surface area contributed by atoms with Crippen molar-refractivity contribution < 1.29 is 34.7 Å².